The number of fused-ring (bicyclic) bond motifs is 1. The van der Waals surface area contributed by atoms with E-state index in [-0.39, 0.29) is 11.4 Å². The van der Waals surface area contributed by atoms with Crippen molar-refractivity contribution in [2.45, 2.75) is 6.92 Å². The second kappa shape index (κ2) is 10.0. The minimum atomic E-state index is -0.412. The number of hydrogen-bond donors (Lipinski definition) is 1. The SMILES string of the molecule is Cc1cccc(OCCOc2ccc(/C=C3/C(=N)N4C(c5ccccc5)=CSC4=NC3=O)cc2)c1. The predicted molar refractivity (Wildman–Crippen MR) is 141 cm³/mol. The number of carbonyl (C=O) groups is 1. The van der Waals surface area contributed by atoms with Crippen LogP contribution in [0.15, 0.2) is 94.8 Å². The van der Waals surface area contributed by atoms with Crippen molar-refractivity contribution in [3.63, 3.8) is 0 Å². The van der Waals surface area contributed by atoms with Crippen molar-refractivity contribution in [1.29, 1.82) is 5.41 Å². The lowest BCUT2D eigenvalue weighted by molar-refractivity contribution is -0.114. The van der Waals surface area contributed by atoms with Gasteiger partial charge in [0.2, 0.25) is 0 Å². The molecule has 0 atom stereocenters. The number of carbonyl (C=O) groups excluding carboxylic acids is 1. The minimum absolute atomic E-state index is 0.119. The van der Waals surface area contributed by atoms with E-state index in [1.165, 1.54) is 11.8 Å². The van der Waals surface area contributed by atoms with E-state index in [9.17, 15) is 4.79 Å². The van der Waals surface area contributed by atoms with Gasteiger partial charge in [-0.2, -0.15) is 4.99 Å². The topological polar surface area (TPSA) is 75.0 Å². The van der Waals surface area contributed by atoms with Gasteiger partial charge in [-0.15, -0.1) is 0 Å². The molecule has 1 amide bonds. The average molecular weight is 482 g/mol. The summed E-state index contributed by atoms with van der Waals surface area (Å²) in [5.74, 6) is 1.23. The Kier molecular flexibility index (Phi) is 6.50. The van der Waals surface area contributed by atoms with Crippen LogP contribution in [0.25, 0.3) is 11.8 Å². The second-order valence-electron chi connectivity index (χ2n) is 8.01. The summed E-state index contributed by atoms with van der Waals surface area (Å²) in [6, 6.07) is 25.1. The summed E-state index contributed by atoms with van der Waals surface area (Å²) in [6.07, 6.45) is 1.70. The van der Waals surface area contributed by atoms with E-state index in [1.807, 2.05) is 91.2 Å². The lowest BCUT2D eigenvalue weighted by atomic mass is 10.1. The number of aryl methyl sites for hydroxylation is 1. The summed E-state index contributed by atoms with van der Waals surface area (Å²) in [5, 5.41) is 11.2. The van der Waals surface area contributed by atoms with Crippen LogP contribution < -0.4 is 9.47 Å². The monoisotopic (exact) mass is 481 g/mol. The molecule has 0 radical (unpaired) electrons. The molecule has 0 aliphatic carbocycles. The van der Waals surface area contributed by atoms with E-state index in [1.54, 1.807) is 11.0 Å². The molecule has 0 spiro atoms. The quantitative estimate of drug-likeness (QED) is 0.343. The summed E-state index contributed by atoms with van der Waals surface area (Å²) >= 11 is 1.35. The lowest BCUT2D eigenvalue weighted by Crippen LogP contribution is -2.38. The zero-order chi connectivity index (χ0) is 24.2. The highest BCUT2D eigenvalue weighted by atomic mass is 32.2. The van der Waals surface area contributed by atoms with Crippen molar-refractivity contribution < 1.29 is 14.3 Å². The molecule has 2 heterocycles. The molecule has 7 heteroatoms. The summed E-state index contributed by atoms with van der Waals surface area (Å²) < 4.78 is 11.5. The molecule has 3 aromatic carbocycles. The average Bonchev–Trinajstić information content (AvgIpc) is 3.30. The number of ether oxygens (including phenoxy) is 2. The van der Waals surface area contributed by atoms with E-state index in [0.717, 1.165) is 28.1 Å². The largest absolute Gasteiger partial charge is 0.490 e. The molecule has 0 aromatic heterocycles. The number of nitrogens with zero attached hydrogens (tertiary/aromatic N) is 2. The molecule has 0 fully saturated rings. The van der Waals surface area contributed by atoms with Crippen molar-refractivity contribution in [2.75, 3.05) is 13.2 Å². The minimum Gasteiger partial charge on any atom is -0.490 e. The Balaban J connectivity index is 1.24. The smallest absolute Gasteiger partial charge is 0.283 e. The van der Waals surface area contributed by atoms with Gasteiger partial charge in [-0.05, 0) is 54.0 Å². The van der Waals surface area contributed by atoms with Crippen LogP contribution in [0.3, 0.4) is 0 Å². The first-order valence-corrected chi connectivity index (χ1v) is 12.0. The van der Waals surface area contributed by atoms with E-state index in [2.05, 4.69) is 4.99 Å². The highest BCUT2D eigenvalue weighted by Crippen LogP contribution is 2.37. The van der Waals surface area contributed by atoms with Crippen LogP contribution in [-0.4, -0.2) is 35.0 Å². The third-order valence-electron chi connectivity index (χ3n) is 5.49. The predicted octanol–water partition coefficient (Wildman–Crippen LogP) is 5.76. The zero-order valence-corrected chi connectivity index (χ0v) is 19.9. The third-order valence-corrected chi connectivity index (χ3v) is 6.31. The summed E-state index contributed by atoms with van der Waals surface area (Å²) in [6.45, 7) is 2.87. The van der Waals surface area contributed by atoms with Crippen molar-refractivity contribution in [2.24, 2.45) is 4.99 Å². The Hall–Kier alpha value is -4.10. The Morgan fingerprint density at radius 3 is 2.43 bits per heavy atom. The van der Waals surface area contributed by atoms with Crippen LogP contribution in [0.1, 0.15) is 16.7 Å². The normalized spacial score (nSPS) is 16.1. The van der Waals surface area contributed by atoms with E-state index in [4.69, 9.17) is 14.9 Å². The van der Waals surface area contributed by atoms with Gasteiger partial charge in [0.15, 0.2) is 5.17 Å². The molecule has 0 saturated carbocycles. The third kappa shape index (κ3) is 5.05. The summed E-state index contributed by atoms with van der Waals surface area (Å²) in [7, 11) is 0. The molecule has 2 aliphatic heterocycles. The first-order chi connectivity index (χ1) is 17.1. The number of amidine groups is 2. The standard InChI is InChI=1S/C28H23N3O3S/c1-19-6-5-9-23(16-19)34-15-14-33-22-12-10-20(11-13-22)17-24-26(29)31-25(21-7-3-2-4-8-21)18-35-28(31)30-27(24)32/h2-13,16-18,29H,14-15H2,1H3/b24-17-,29-26?. The maximum absolute atomic E-state index is 12.7. The van der Waals surface area contributed by atoms with Crippen molar-refractivity contribution in [1.82, 2.24) is 4.90 Å². The van der Waals surface area contributed by atoms with Crippen LogP contribution in [-0.2, 0) is 4.79 Å². The van der Waals surface area contributed by atoms with Crippen molar-refractivity contribution in [3.8, 4) is 11.5 Å². The van der Waals surface area contributed by atoms with Gasteiger partial charge < -0.3 is 9.47 Å². The maximum atomic E-state index is 12.7. The first-order valence-electron chi connectivity index (χ1n) is 11.2. The van der Waals surface area contributed by atoms with Crippen LogP contribution in [0.4, 0.5) is 0 Å². The van der Waals surface area contributed by atoms with Crippen LogP contribution in [0, 0.1) is 12.3 Å². The molecule has 0 saturated heterocycles. The van der Waals surface area contributed by atoms with Gasteiger partial charge in [0, 0.05) is 5.41 Å². The van der Waals surface area contributed by atoms with Gasteiger partial charge in [-0.3, -0.25) is 15.1 Å². The molecule has 0 bridgehead atoms. The molecule has 2 aliphatic rings. The van der Waals surface area contributed by atoms with E-state index >= 15 is 0 Å². The van der Waals surface area contributed by atoms with Crippen molar-refractivity contribution >= 4 is 40.4 Å². The van der Waals surface area contributed by atoms with Crippen molar-refractivity contribution in [3.05, 3.63) is 107 Å². The Labute approximate surface area is 208 Å². The van der Waals surface area contributed by atoms with Gasteiger partial charge in [-0.25, -0.2) is 0 Å². The molecule has 1 N–H and O–H groups in total. The number of aliphatic imine (C=N–C) groups is 1. The molecule has 0 unspecified atom stereocenters. The number of hydrogen-bond acceptors (Lipinski definition) is 5. The molecule has 6 nitrogen and oxygen atoms in total. The molecule has 35 heavy (non-hydrogen) atoms. The fraction of sp³-hybridized carbons (Fsp3) is 0.107. The number of rotatable bonds is 7. The van der Waals surface area contributed by atoms with Gasteiger partial charge in [0.05, 0.1) is 11.3 Å². The van der Waals surface area contributed by atoms with Gasteiger partial charge in [0.1, 0.15) is 30.5 Å². The number of amides is 1. The molecular formula is C28H23N3O3S. The van der Waals surface area contributed by atoms with E-state index in [0.29, 0.717) is 24.1 Å². The maximum Gasteiger partial charge on any atom is 0.283 e. The fourth-order valence-electron chi connectivity index (χ4n) is 3.77. The number of thioether (sulfide) groups is 1. The molecule has 3 aromatic rings. The molecular weight excluding hydrogens is 458 g/mol. The van der Waals surface area contributed by atoms with Gasteiger partial charge >= 0.3 is 0 Å². The number of nitrogens with one attached hydrogen (secondary N) is 1. The van der Waals surface area contributed by atoms with Crippen LogP contribution in [0.5, 0.6) is 11.5 Å². The highest BCUT2D eigenvalue weighted by molar-refractivity contribution is 8.17. The Bertz CT molecular complexity index is 1360. The zero-order valence-electron chi connectivity index (χ0n) is 19.1. The van der Waals surface area contributed by atoms with Crippen LogP contribution >= 0.6 is 11.8 Å². The van der Waals surface area contributed by atoms with E-state index < -0.39 is 5.91 Å². The second-order valence-corrected chi connectivity index (χ2v) is 8.85. The van der Waals surface area contributed by atoms with Crippen LogP contribution in [0.2, 0.25) is 0 Å². The Morgan fingerprint density at radius 2 is 1.69 bits per heavy atom. The lowest BCUT2D eigenvalue weighted by Gasteiger charge is -2.26. The summed E-state index contributed by atoms with van der Waals surface area (Å²) in [4.78, 5) is 18.6. The van der Waals surface area contributed by atoms with Gasteiger partial charge in [-0.1, -0.05) is 66.4 Å². The number of benzene rings is 3. The van der Waals surface area contributed by atoms with Gasteiger partial charge in [0.25, 0.3) is 5.91 Å². The highest BCUT2D eigenvalue weighted by Gasteiger charge is 2.36. The Morgan fingerprint density at radius 1 is 0.943 bits per heavy atom. The molecule has 5 rings (SSSR count). The first kappa shape index (κ1) is 22.7. The fourth-order valence-corrected chi connectivity index (χ4v) is 4.65. The summed E-state index contributed by atoms with van der Waals surface area (Å²) in [5.41, 5.74) is 4.00. The molecule has 174 valence electrons.